The zero-order valence-electron chi connectivity index (χ0n) is 16.5. The number of rotatable bonds is 6. The largest absolute Gasteiger partial charge is 0.494 e. The number of amidine groups is 1. The number of aliphatic carboxylic acids is 1. The Kier molecular flexibility index (Phi) is 6.01. The molecule has 31 heavy (non-hydrogen) atoms. The fourth-order valence-electron chi connectivity index (χ4n) is 3.32. The average Bonchev–Trinajstić information content (AvgIpc) is 3.27. The number of benzene rings is 2. The molecule has 0 bridgehead atoms. The summed E-state index contributed by atoms with van der Waals surface area (Å²) in [6, 6.07) is 12.8. The number of carbonyl (C=O) groups excluding carboxylic acids is 1. The molecule has 4 rings (SSSR count). The number of halogens is 1. The van der Waals surface area contributed by atoms with E-state index < -0.39 is 5.97 Å². The normalized spacial score (nSPS) is 16.6. The minimum absolute atomic E-state index is 0.114. The highest BCUT2D eigenvalue weighted by atomic mass is 35.5. The lowest BCUT2D eigenvalue weighted by atomic mass is 10.1. The van der Waals surface area contributed by atoms with Crippen LogP contribution in [0, 0.1) is 0 Å². The van der Waals surface area contributed by atoms with Gasteiger partial charge in [-0.05, 0) is 54.1 Å². The number of fused-ring (bicyclic) bond motifs is 1. The lowest BCUT2D eigenvalue weighted by molar-refractivity contribution is -0.132. The first-order valence-electron chi connectivity index (χ1n) is 9.38. The molecule has 1 fully saturated rings. The minimum Gasteiger partial charge on any atom is -0.494 e. The highest BCUT2D eigenvalue weighted by molar-refractivity contribution is 8.18. The third-order valence-electron chi connectivity index (χ3n) is 4.78. The Balaban J connectivity index is 1.66. The molecule has 2 heterocycles. The molecule has 2 N–H and O–H groups in total. The van der Waals surface area contributed by atoms with Gasteiger partial charge >= 0.3 is 5.97 Å². The van der Waals surface area contributed by atoms with Gasteiger partial charge in [-0.15, -0.1) is 0 Å². The van der Waals surface area contributed by atoms with Crippen LogP contribution in [0.3, 0.4) is 0 Å². The van der Waals surface area contributed by atoms with Crippen LogP contribution in [-0.2, 0) is 16.0 Å². The van der Waals surface area contributed by atoms with E-state index in [-0.39, 0.29) is 10.8 Å². The van der Waals surface area contributed by atoms with Gasteiger partial charge in [-0.25, -0.2) is 9.79 Å². The number of hydrogen-bond donors (Lipinski definition) is 2. The van der Waals surface area contributed by atoms with E-state index in [1.54, 1.807) is 19.2 Å². The molecule has 1 aliphatic heterocycles. The van der Waals surface area contributed by atoms with Crippen LogP contribution in [0.1, 0.15) is 5.56 Å². The number of carboxylic acid groups (broad SMARTS) is 1. The summed E-state index contributed by atoms with van der Waals surface area (Å²) in [6.45, 7) is 0.330. The lowest BCUT2D eigenvalue weighted by Gasteiger charge is -2.16. The zero-order valence-corrected chi connectivity index (χ0v) is 18.0. The Morgan fingerprint density at radius 1 is 1.32 bits per heavy atom. The standard InChI is InChI=1S/C22H18ClN3O4S/c1-30-18-5-3-2-4-17(18)25-22-26(21(29)19(31-22)11-20(27)28)9-8-13-12-24-16-7-6-14(23)10-15(13)16/h2-7,10-12,24H,8-9H2,1H3,(H,27,28). The summed E-state index contributed by atoms with van der Waals surface area (Å²) in [5, 5.41) is 11.1. The fourth-order valence-corrected chi connectivity index (χ4v) is 4.47. The van der Waals surface area contributed by atoms with E-state index in [1.807, 2.05) is 36.5 Å². The van der Waals surface area contributed by atoms with Crippen LogP contribution in [0.15, 0.2) is 64.6 Å². The summed E-state index contributed by atoms with van der Waals surface area (Å²) in [5.74, 6) is -1.01. The molecule has 3 aromatic rings. The maximum atomic E-state index is 12.9. The molecule has 0 radical (unpaired) electrons. The summed E-state index contributed by atoms with van der Waals surface area (Å²) in [5.41, 5.74) is 2.51. The number of carboxylic acids is 1. The number of hydrogen-bond acceptors (Lipinski definition) is 5. The second-order valence-corrected chi connectivity index (χ2v) is 8.17. The molecule has 1 aliphatic rings. The summed E-state index contributed by atoms with van der Waals surface area (Å²) < 4.78 is 5.34. The van der Waals surface area contributed by atoms with Gasteiger partial charge in [0, 0.05) is 34.7 Å². The number of aromatic nitrogens is 1. The van der Waals surface area contributed by atoms with Gasteiger partial charge in [-0.3, -0.25) is 9.69 Å². The number of nitrogens with zero attached hydrogens (tertiary/aromatic N) is 2. The van der Waals surface area contributed by atoms with Crippen molar-refractivity contribution in [2.24, 2.45) is 4.99 Å². The van der Waals surface area contributed by atoms with Crippen molar-refractivity contribution in [1.82, 2.24) is 9.88 Å². The molecule has 0 saturated carbocycles. The van der Waals surface area contributed by atoms with E-state index in [2.05, 4.69) is 9.98 Å². The molecule has 0 unspecified atom stereocenters. The zero-order chi connectivity index (χ0) is 22.0. The number of para-hydroxylation sites is 2. The molecule has 1 amide bonds. The SMILES string of the molecule is COc1ccccc1N=C1SC(=CC(=O)O)C(=O)N1CCc1c[nH]c2ccc(Cl)cc12. The van der Waals surface area contributed by atoms with Gasteiger partial charge in [0.05, 0.1) is 12.0 Å². The van der Waals surface area contributed by atoms with E-state index in [0.717, 1.165) is 34.3 Å². The smallest absolute Gasteiger partial charge is 0.329 e. The Labute approximate surface area is 187 Å². The molecule has 0 spiro atoms. The quantitative estimate of drug-likeness (QED) is 0.529. The van der Waals surface area contributed by atoms with Crippen LogP contribution in [0.4, 0.5) is 5.69 Å². The van der Waals surface area contributed by atoms with Crippen molar-refractivity contribution in [1.29, 1.82) is 0 Å². The first-order chi connectivity index (χ1) is 15.0. The number of nitrogens with one attached hydrogen (secondary N) is 1. The number of carbonyl (C=O) groups is 2. The fraction of sp³-hybridized carbons (Fsp3) is 0.136. The molecule has 1 aromatic heterocycles. The van der Waals surface area contributed by atoms with Gasteiger partial charge in [-0.1, -0.05) is 23.7 Å². The van der Waals surface area contributed by atoms with Gasteiger partial charge < -0.3 is 14.8 Å². The number of amides is 1. The highest BCUT2D eigenvalue weighted by Crippen LogP contribution is 2.35. The molecular weight excluding hydrogens is 438 g/mol. The van der Waals surface area contributed by atoms with Crippen LogP contribution >= 0.6 is 23.4 Å². The van der Waals surface area contributed by atoms with Crippen molar-refractivity contribution in [3.8, 4) is 5.75 Å². The molecule has 2 aromatic carbocycles. The summed E-state index contributed by atoms with van der Waals surface area (Å²) in [4.78, 5) is 33.5. The van der Waals surface area contributed by atoms with Crippen LogP contribution in [0.5, 0.6) is 5.75 Å². The van der Waals surface area contributed by atoms with Gasteiger partial charge in [0.2, 0.25) is 0 Å². The number of methoxy groups -OCH3 is 1. The first kappa shape index (κ1) is 21.0. The summed E-state index contributed by atoms with van der Waals surface area (Å²) in [7, 11) is 1.54. The van der Waals surface area contributed by atoms with E-state index in [1.165, 1.54) is 4.90 Å². The molecule has 0 atom stereocenters. The van der Waals surface area contributed by atoms with Gasteiger partial charge in [0.25, 0.3) is 5.91 Å². The van der Waals surface area contributed by atoms with Crippen molar-refractivity contribution in [3.63, 3.8) is 0 Å². The molecular formula is C22H18ClN3O4S. The first-order valence-corrected chi connectivity index (χ1v) is 10.6. The second kappa shape index (κ2) is 8.87. The van der Waals surface area contributed by atoms with Crippen molar-refractivity contribution in [3.05, 3.63) is 70.2 Å². The van der Waals surface area contributed by atoms with Crippen molar-refractivity contribution in [2.45, 2.75) is 6.42 Å². The van der Waals surface area contributed by atoms with Crippen LogP contribution in [0.2, 0.25) is 5.02 Å². The Bertz CT molecular complexity index is 1230. The molecule has 0 aliphatic carbocycles. The van der Waals surface area contributed by atoms with Gasteiger partial charge in [0.1, 0.15) is 11.4 Å². The Morgan fingerprint density at radius 3 is 2.90 bits per heavy atom. The maximum absolute atomic E-state index is 12.9. The third-order valence-corrected chi connectivity index (χ3v) is 6.02. The van der Waals surface area contributed by atoms with E-state index in [4.69, 9.17) is 21.4 Å². The third kappa shape index (κ3) is 4.45. The molecule has 158 valence electrons. The van der Waals surface area contributed by atoms with Gasteiger partial charge in [0.15, 0.2) is 5.17 Å². The predicted octanol–water partition coefficient (Wildman–Crippen LogP) is 4.60. The number of ether oxygens (including phenoxy) is 1. The molecule has 1 saturated heterocycles. The van der Waals surface area contributed by atoms with E-state index in [0.29, 0.717) is 34.6 Å². The molecule has 9 heteroatoms. The topological polar surface area (TPSA) is 95.0 Å². The van der Waals surface area contributed by atoms with Crippen LogP contribution in [-0.4, -0.2) is 45.7 Å². The number of H-pyrrole nitrogens is 1. The second-order valence-electron chi connectivity index (χ2n) is 6.73. The van der Waals surface area contributed by atoms with Crippen molar-refractivity contribution in [2.75, 3.05) is 13.7 Å². The lowest BCUT2D eigenvalue weighted by Crippen LogP contribution is -2.31. The monoisotopic (exact) mass is 455 g/mol. The summed E-state index contributed by atoms with van der Waals surface area (Å²) in [6.07, 6.45) is 3.34. The Hall–Kier alpha value is -3.23. The van der Waals surface area contributed by atoms with Crippen LogP contribution < -0.4 is 4.74 Å². The van der Waals surface area contributed by atoms with Crippen molar-refractivity contribution >= 4 is 57.0 Å². The number of thioether (sulfide) groups is 1. The minimum atomic E-state index is -1.18. The molecule has 7 nitrogen and oxygen atoms in total. The highest BCUT2D eigenvalue weighted by Gasteiger charge is 2.34. The Morgan fingerprint density at radius 2 is 2.13 bits per heavy atom. The van der Waals surface area contributed by atoms with Crippen LogP contribution in [0.25, 0.3) is 10.9 Å². The van der Waals surface area contributed by atoms with Crippen molar-refractivity contribution < 1.29 is 19.4 Å². The average molecular weight is 456 g/mol. The van der Waals surface area contributed by atoms with E-state index in [9.17, 15) is 9.59 Å². The van der Waals surface area contributed by atoms with E-state index >= 15 is 0 Å². The number of aromatic amines is 1. The summed E-state index contributed by atoms with van der Waals surface area (Å²) >= 11 is 7.17. The predicted molar refractivity (Wildman–Crippen MR) is 122 cm³/mol. The van der Waals surface area contributed by atoms with Gasteiger partial charge in [-0.2, -0.15) is 0 Å². The maximum Gasteiger partial charge on any atom is 0.329 e. The number of aliphatic imine (C=N–C) groups is 1.